The van der Waals surface area contributed by atoms with E-state index in [4.69, 9.17) is 11.5 Å². The van der Waals surface area contributed by atoms with E-state index in [0.29, 0.717) is 18.9 Å². The van der Waals surface area contributed by atoms with Gasteiger partial charge < -0.3 is 11.5 Å². The highest BCUT2D eigenvalue weighted by Gasteiger charge is 2.46. The van der Waals surface area contributed by atoms with Crippen molar-refractivity contribution in [3.63, 3.8) is 0 Å². The number of alkyl halides is 3. The molecule has 4 N–H and O–H groups in total. The van der Waals surface area contributed by atoms with E-state index in [0.717, 1.165) is 31.4 Å². The van der Waals surface area contributed by atoms with Crippen molar-refractivity contribution >= 4 is 17.6 Å². The molecule has 1 heterocycles. The first kappa shape index (κ1) is 16.5. The molecule has 130 valence electrons. The Morgan fingerprint density at radius 1 is 1.08 bits per heavy atom. The van der Waals surface area contributed by atoms with E-state index in [1.807, 2.05) is 0 Å². The van der Waals surface area contributed by atoms with Crippen LogP contribution in [0.2, 0.25) is 0 Å². The Hall–Kier alpha value is -2.32. The minimum absolute atomic E-state index is 0.0543. The smallest absolute Gasteiger partial charge is 0.369 e. The van der Waals surface area contributed by atoms with Gasteiger partial charge in [-0.25, -0.2) is 9.38 Å². The first-order valence-electron chi connectivity index (χ1n) is 7.59. The second kappa shape index (κ2) is 5.64. The van der Waals surface area contributed by atoms with Crippen LogP contribution in [0.25, 0.3) is 0 Å². The number of hydrogen-bond donors (Lipinski definition) is 2. The molecule has 0 amide bonds. The lowest BCUT2D eigenvalue weighted by molar-refractivity contribution is -0.137. The van der Waals surface area contributed by atoms with Crippen molar-refractivity contribution in [2.45, 2.75) is 43.9 Å². The summed E-state index contributed by atoms with van der Waals surface area (Å²) in [5.41, 5.74) is 9.23. The molecule has 0 unspecified atom stereocenters. The summed E-state index contributed by atoms with van der Waals surface area (Å²) in [6.45, 7) is 0. The molecule has 3 rings (SSSR count). The summed E-state index contributed by atoms with van der Waals surface area (Å²) >= 11 is 0. The lowest BCUT2D eigenvalue weighted by Gasteiger charge is -2.46. The molecule has 1 aromatic rings. The number of guanidine groups is 2. The predicted molar refractivity (Wildman–Crippen MR) is 82.9 cm³/mol. The van der Waals surface area contributed by atoms with Crippen LogP contribution in [0.15, 0.2) is 28.2 Å². The number of benzene rings is 1. The normalized spacial score (nSPS) is 20.8. The number of anilines is 1. The van der Waals surface area contributed by atoms with Crippen molar-refractivity contribution in [1.82, 2.24) is 0 Å². The fraction of sp³-hybridized carbons (Fsp3) is 0.467. The van der Waals surface area contributed by atoms with Gasteiger partial charge in [-0.2, -0.15) is 18.2 Å². The van der Waals surface area contributed by atoms with Crippen molar-refractivity contribution in [3.8, 4) is 0 Å². The minimum atomic E-state index is -4.74. The average Bonchev–Trinajstić information content (AvgIpc) is 2.47. The Morgan fingerprint density at radius 3 is 2.38 bits per heavy atom. The van der Waals surface area contributed by atoms with Crippen molar-refractivity contribution in [3.05, 3.63) is 29.6 Å². The van der Waals surface area contributed by atoms with Crippen LogP contribution >= 0.6 is 0 Å². The summed E-state index contributed by atoms with van der Waals surface area (Å²) in [5, 5.41) is 0. The monoisotopic (exact) mass is 343 g/mol. The summed E-state index contributed by atoms with van der Waals surface area (Å²) in [6.07, 6.45) is -1.22. The number of nitrogens with zero attached hydrogens (tertiary/aromatic N) is 3. The van der Waals surface area contributed by atoms with E-state index in [2.05, 4.69) is 9.98 Å². The van der Waals surface area contributed by atoms with E-state index < -0.39 is 23.2 Å². The molecular formula is C15H17F4N5. The van der Waals surface area contributed by atoms with E-state index >= 15 is 0 Å². The molecule has 0 atom stereocenters. The van der Waals surface area contributed by atoms with Crippen molar-refractivity contribution in [1.29, 1.82) is 0 Å². The minimum Gasteiger partial charge on any atom is -0.369 e. The van der Waals surface area contributed by atoms with Crippen LogP contribution in [-0.4, -0.2) is 17.6 Å². The molecule has 1 spiro atoms. The molecule has 0 aromatic heterocycles. The number of halogens is 4. The maximum Gasteiger partial charge on any atom is 0.418 e. The maximum absolute atomic E-state index is 13.4. The van der Waals surface area contributed by atoms with Gasteiger partial charge in [0.1, 0.15) is 11.5 Å². The Balaban J connectivity index is 2.18. The average molecular weight is 343 g/mol. The molecule has 0 radical (unpaired) electrons. The van der Waals surface area contributed by atoms with Crippen LogP contribution in [0.1, 0.15) is 37.7 Å². The molecule has 1 aromatic carbocycles. The van der Waals surface area contributed by atoms with Gasteiger partial charge in [0, 0.05) is 0 Å². The third-order valence-corrected chi connectivity index (χ3v) is 4.36. The molecule has 2 aliphatic rings. The first-order valence-corrected chi connectivity index (χ1v) is 7.59. The Bertz CT molecular complexity index is 704. The van der Waals surface area contributed by atoms with Gasteiger partial charge in [-0.05, 0) is 43.9 Å². The first-order chi connectivity index (χ1) is 11.2. The third kappa shape index (κ3) is 2.78. The van der Waals surface area contributed by atoms with Crippen LogP contribution in [0.4, 0.5) is 23.2 Å². The van der Waals surface area contributed by atoms with Gasteiger partial charge in [0.2, 0.25) is 11.9 Å². The zero-order chi connectivity index (χ0) is 17.5. The zero-order valence-corrected chi connectivity index (χ0v) is 12.8. The summed E-state index contributed by atoms with van der Waals surface area (Å²) in [5.74, 6) is -1.19. The second-order valence-corrected chi connectivity index (χ2v) is 5.98. The summed E-state index contributed by atoms with van der Waals surface area (Å²) in [7, 11) is 0. The predicted octanol–water partition coefficient (Wildman–Crippen LogP) is 2.95. The summed E-state index contributed by atoms with van der Waals surface area (Å²) < 4.78 is 53.6. The summed E-state index contributed by atoms with van der Waals surface area (Å²) in [6, 6.07) is 2.49. The number of hydrogen-bond acceptors (Lipinski definition) is 5. The second-order valence-electron chi connectivity index (χ2n) is 5.98. The Kier molecular flexibility index (Phi) is 3.89. The van der Waals surface area contributed by atoms with Gasteiger partial charge in [0.25, 0.3) is 0 Å². The lowest BCUT2D eigenvalue weighted by Crippen LogP contribution is -2.58. The largest absolute Gasteiger partial charge is 0.418 e. The molecule has 5 nitrogen and oxygen atoms in total. The molecule has 0 saturated heterocycles. The molecule has 0 bridgehead atoms. The Labute approximate surface area is 136 Å². The zero-order valence-electron chi connectivity index (χ0n) is 12.8. The molecule has 24 heavy (non-hydrogen) atoms. The topological polar surface area (TPSA) is 80.0 Å². The molecular weight excluding hydrogens is 326 g/mol. The van der Waals surface area contributed by atoms with Crippen molar-refractivity contribution in [2.24, 2.45) is 21.5 Å². The van der Waals surface area contributed by atoms with Crippen LogP contribution in [0.5, 0.6) is 0 Å². The molecule has 1 saturated carbocycles. The Morgan fingerprint density at radius 2 is 1.75 bits per heavy atom. The highest BCUT2D eigenvalue weighted by molar-refractivity contribution is 6.06. The van der Waals surface area contributed by atoms with E-state index in [-0.39, 0.29) is 17.6 Å². The summed E-state index contributed by atoms with van der Waals surface area (Å²) in [4.78, 5) is 9.40. The van der Waals surface area contributed by atoms with Gasteiger partial charge in [-0.3, -0.25) is 4.90 Å². The van der Waals surface area contributed by atoms with Crippen molar-refractivity contribution < 1.29 is 17.6 Å². The SMILES string of the molecule is NC1=NC2(CCCCC2)N(c2ccc(F)cc2C(F)(F)F)C(N)=N1. The van der Waals surface area contributed by atoms with Crippen molar-refractivity contribution in [2.75, 3.05) is 4.90 Å². The molecule has 1 fully saturated rings. The number of rotatable bonds is 1. The fourth-order valence-corrected chi connectivity index (χ4v) is 3.40. The maximum atomic E-state index is 13.4. The van der Waals surface area contributed by atoms with Gasteiger partial charge >= 0.3 is 6.18 Å². The third-order valence-electron chi connectivity index (χ3n) is 4.36. The van der Waals surface area contributed by atoms with E-state index in [1.54, 1.807) is 0 Å². The van der Waals surface area contributed by atoms with Gasteiger partial charge in [0.05, 0.1) is 11.3 Å². The highest BCUT2D eigenvalue weighted by Crippen LogP contribution is 2.44. The number of aliphatic imine (C=N–C) groups is 2. The van der Waals surface area contributed by atoms with Gasteiger partial charge in [-0.15, -0.1) is 0 Å². The molecule has 1 aliphatic heterocycles. The molecule has 1 aliphatic carbocycles. The highest BCUT2D eigenvalue weighted by atomic mass is 19.4. The standard InChI is InChI=1S/C15H17F4N5/c16-9-4-5-11(10(8-9)15(17,18)19)24-13(21)22-12(20)23-14(24)6-2-1-3-7-14/h4-5,8H,1-3,6-7H2,(H4,20,21,22,23). The van der Waals surface area contributed by atoms with E-state index in [9.17, 15) is 17.6 Å². The van der Waals surface area contributed by atoms with E-state index in [1.165, 1.54) is 4.90 Å². The fourth-order valence-electron chi connectivity index (χ4n) is 3.40. The molecule has 9 heteroatoms. The quantitative estimate of drug-likeness (QED) is 0.770. The van der Waals surface area contributed by atoms with Gasteiger partial charge in [0.15, 0.2) is 0 Å². The number of nitrogens with two attached hydrogens (primary N) is 2. The lowest BCUT2D eigenvalue weighted by atomic mass is 9.87. The van der Waals surface area contributed by atoms with Crippen LogP contribution < -0.4 is 16.4 Å². The van der Waals surface area contributed by atoms with Crippen LogP contribution in [-0.2, 0) is 6.18 Å². The van der Waals surface area contributed by atoms with Crippen LogP contribution in [0, 0.1) is 5.82 Å². The van der Waals surface area contributed by atoms with Crippen LogP contribution in [0.3, 0.4) is 0 Å². The van der Waals surface area contributed by atoms with Gasteiger partial charge in [-0.1, -0.05) is 6.42 Å².